The van der Waals surface area contributed by atoms with Gasteiger partial charge in [-0.05, 0) is 43.5 Å². The molecule has 1 aromatic carbocycles. The molecule has 0 saturated carbocycles. The van der Waals surface area contributed by atoms with Crippen LogP contribution in [0.5, 0.6) is 0 Å². The van der Waals surface area contributed by atoms with E-state index in [-0.39, 0.29) is 11.9 Å². The lowest BCUT2D eigenvalue weighted by Crippen LogP contribution is -2.48. The first kappa shape index (κ1) is 13.1. The minimum atomic E-state index is -0.711. The molecule has 0 aromatic heterocycles. The van der Waals surface area contributed by atoms with Crippen molar-refractivity contribution < 1.29 is 9.59 Å². The van der Waals surface area contributed by atoms with E-state index < -0.39 is 5.54 Å². The Labute approximate surface area is 118 Å². The van der Waals surface area contributed by atoms with Gasteiger partial charge in [0, 0.05) is 6.54 Å². The molecule has 2 heterocycles. The second kappa shape index (κ2) is 4.59. The van der Waals surface area contributed by atoms with Gasteiger partial charge in [0.25, 0.3) is 5.91 Å². The number of carbonyl (C=O) groups excluding carboxylic acids is 2. The van der Waals surface area contributed by atoms with Crippen molar-refractivity contribution in [2.75, 3.05) is 13.1 Å². The van der Waals surface area contributed by atoms with Gasteiger partial charge in [-0.2, -0.15) is 0 Å². The van der Waals surface area contributed by atoms with Gasteiger partial charge in [0.15, 0.2) is 0 Å². The van der Waals surface area contributed by atoms with E-state index in [1.807, 2.05) is 32.0 Å². The Morgan fingerprint density at radius 2 is 2.05 bits per heavy atom. The third-order valence-electron chi connectivity index (χ3n) is 4.31. The number of rotatable bonds is 2. The summed E-state index contributed by atoms with van der Waals surface area (Å²) in [7, 11) is 0. The Balaban J connectivity index is 1.82. The number of aryl methyl sites for hydroxylation is 2. The summed E-state index contributed by atoms with van der Waals surface area (Å²) in [5.74, 6) is -0.106. The quantitative estimate of drug-likeness (QED) is 0.793. The number of benzene rings is 1. The van der Waals surface area contributed by atoms with Crippen LogP contribution in [0.2, 0.25) is 0 Å². The standard InChI is InChI=1S/C15H19N3O2/c1-10-3-4-12(7-11(10)2)8-18-13(19)15(17-14(18)20)5-6-16-9-15/h3-4,7,16H,5-6,8-9H2,1-2H3,(H,17,20). The van der Waals surface area contributed by atoms with Crippen molar-refractivity contribution in [1.82, 2.24) is 15.5 Å². The lowest BCUT2D eigenvalue weighted by Gasteiger charge is -2.19. The molecule has 1 unspecified atom stereocenters. The van der Waals surface area contributed by atoms with Crippen molar-refractivity contribution in [3.63, 3.8) is 0 Å². The molecule has 106 valence electrons. The molecule has 5 heteroatoms. The van der Waals surface area contributed by atoms with Gasteiger partial charge in [0.05, 0.1) is 6.54 Å². The molecule has 2 aliphatic rings. The molecule has 1 spiro atoms. The van der Waals surface area contributed by atoms with Crippen LogP contribution in [0.3, 0.4) is 0 Å². The fraction of sp³-hybridized carbons (Fsp3) is 0.467. The smallest absolute Gasteiger partial charge is 0.322 e. The van der Waals surface area contributed by atoms with Crippen molar-refractivity contribution in [3.8, 4) is 0 Å². The van der Waals surface area contributed by atoms with E-state index in [9.17, 15) is 9.59 Å². The maximum Gasteiger partial charge on any atom is 0.325 e. The van der Waals surface area contributed by atoms with Crippen LogP contribution in [0.15, 0.2) is 18.2 Å². The number of hydrogen-bond donors (Lipinski definition) is 2. The molecule has 1 aromatic rings. The van der Waals surface area contributed by atoms with Crippen LogP contribution < -0.4 is 10.6 Å². The van der Waals surface area contributed by atoms with Gasteiger partial charge in [-0.1, -0.05) is 18.2 Å². The van der Waals surface area contributed by atoms with E-state index in [4.69, 9.17) is 0 Å². The van der Waals surface area contributed by atoms with E-state index in [1.54, 1.807) is 0 Å². The van der Waals surface area contributed by atoms with Crippen LogP contribution >= 0.6 is 0 Å². The van der Waals surface area contributed by atoms with Crippen molar-refractivity contribution in [1.29, 1.82) is 0 Å². The zero-order valence-electron chi connectivity index (χ0n) is 11.8. The first-order valence-electron chi connectivity index (χ1n) is 6.93. The minimum absolute atomic E-state index is 0.106. The lowest BCUT2D eigenvalue weighted by atomic mass is 9.99. The third kappa shape index (κ3) is 1.98. The topological polar surface area (TPSA) is 61.4 Å². The molecule has 3 amide bonds. The Morgan fingerprint density at radius 1 is 1.25 bits per heavy atom. The summed E-state index contributed by atoms with van der Waals surface area (Å²) < 4.78 is 0. The van der Waals surface area contributed by atoms with Crippen LogP contribution in [0, 0.1) is 13.8 Å². The van der Waals surface area contributed by atoms with E-state index in [1.165, 1.54) is 16.0 Å². The summed E-state index contributed by atoms with van der Waals surface area (Å²) in [6.07, 6.45) is 0.668. The SMILES string of the molecule is Cc1ccc(CN2C(=O)NC3(CCNC3)C2=O)cc1C. The lowest BCUT2D eigenvalue weighted by molar-refractivity contribution is -0.131. The van der Waals surface area contributed by atoms with Crippen LogP contribution in [0.25, 0.3) is 0 Å². The maximum atomic E-state index is 12.5. The van der Waals surface area contributed by atoms with Crippen LogP contribution in [-0.2, 0) is 11.3 Å². The molecule has 3 rings (SSSR count). The molecular weight excluding hydrogens is 254 g/mol. The molecular formula is C15H19N3O2. The number of hydrogen-bond acceptors (Lipinski definition) is 3. The van der Waals surface area contributed by atoms with E-state index in [0.717, 1.165) is 12.1 Å². The first-order chi connectivity index (χ1) is 9.52. The maximum absolute atomic E-state index is 12.5. The van der Waals surface area contributed by atoms with E-state index >= 15 is 0 Å². The summed E-state index contributed by atoms with van der Waals surface area (Å²) in [6, 6.07) is 5.75. The minimum Gasteiger partial charge on any atom is -0.322 e. The summed E-state index contributed by atoms with van der Waals surface area (Å²) in [5, 5.41) is 6.00. The first-order valence-corrected chi connectivity index (χ1v) is 6.93. The van der Waals surface area contributed by atoms with Gasteiger partial charge in [-0.15, -0.1) is 0 Å². The van der Waals surface area contributed by atoms with E-state index in [0.29, 0.717) is 19.5 Å². The number of urea groups is 1. The summed E-state index contributed by atoms with van der Waals surface area (Å²) in [6.45, 7) is 5.72. The van der Waals surface area contributed by atoms with Crippen LogP contribution in [-0.4, -0.2) is 35.5 Å². The van der Waals surface area contributed by atoms with E-state index in [2.05, 4.69) is 10.6 Å². The van der Waals surface area contributed by atoms with Gasteiger partial charge in [-0.25, -0.2) is 4.79 Å². The normalized spacial score (nSPS) is 25.6. The Bertz CT molecular complexity index is 576. The van der Waals surface area contributed by atoms with Gasteiger partial charge in [0.2, 0.25) is 0 Å². The largest absolute Gasteiger partial charge is 0.325 e. The van der Waals surface area contributed by atoms with Gasteiger partial charge in [-0.3, -0.25) is 9.69 Å². The van der Waals surface area contributed by atoms with Crippen LogP contribution in [0.4, 0.5) is 4.79 Å². The Morgan fingerprint density at radius 3 is 2.70 bits per heavy atom. The summed E-state index contributed by atoms with van der Waals surface area (Å²) in [4.78, 5) is 25.9. The monoisotopic (exact) mass is 273 g/mol. The highest BCUT2D eigenvalue weighted by Crippen LogP contribution is 2.25. The zero-order chi connectivity index (χ0) is 14.3. The molecule has 20 heavy (non-hydrogen) atoms. The Kier molecular flexibility index (Phi) is 3.01. The fourth-order valence-electron chi connectivity index (χ4n) is 2.89. The second-order valence-corrected chi connectivity index (χ2v) is 5.75. The highest BCUT2D eigenvalue weighted by molar-refractivity contribution is 6.07. The molecule has 0 bridgehead atoms. The predicted molar refractivity (Wildman–Crippen MR) is 75.2 cm³/mol. The van der Waals surface area contributed by atoms with Crippen molar-refractivity contribution in [2.45, 2.75) is 32.4 Å². The van der Waals surface area contributed by atoms with Gasteiger partial charge >= 0.3 is 6.03 Å². The molecule has 2 aliphatic heterocycles. The van der Waals surface area contributed by atoms with Crippen molar-refractivity contribution in [3.05, 3.63) is 34.9 Å². The average Bonchev–Trinajstić information content (AvgIpc) is 2.96. The second-order valence-electron chi connectivity index (χ2n) is 5.75. The third-order valence-corrected chi connectivity index (χ3v) is 4.31. The fourth-order valence-corrected chi connectivity index (χ4v) is 2.89. The number of amides is 3. The molecule has 2 N–H and O–H groups in total. The number of imide groups is 1. The van der Waals surface area contributed by atoms with Crippen molar-refractivity contribution in [2.24, 2.45) is 0 Å². The summed E-state index contributed by atoms with van der Waals surface area (Å²) >= 11 is 0. The Hall–Kier alpha value is -1.88. The van der Waals surface area contributed by atoms with Gasteiger partial charge in [0.1, 0.15) is 5.54 Å². The summed E-state index contributed by atoms with van der Waals surface area (Å²) in [5.41, 5.74) is 2.66. The average molecular weight is 273 g/mol. The van der Waals surface area contributed by atoms with Crippen molar-refractivity contribution >= 4 is 11.9 Å². The number of carbonyl (C=O) groups is 2. The zero-order valence-corrected chi connectivity index (χ0v) is 11.8. The highest BCUT2D eigenvalue weighted by Gasteiger charge is 2.52. The van der Waals surface area contributed by atoms with Gasteiger partial charge < -0.3 is 10.6 Å². The molecule has 5 nitrogen and oxygen atoms in total. The van der Waals surface area contributed by atoms with Crippen LogP contribution in [0.1, 0.15) is 23.1 Å². The predicted octanol–water partition coefficient (Wildman–Crippen LogP) is 1.09. The highest BCUT2D eigenvalue weighted by atomic mass is 16.2. The molecule has 2 saturated heterocycles. The number of nitrogens with zero attached hydrogens (tertiary/aromatic N) is 1. The molecule has 1 atom stereocenters. The number of nitrogens with one attached hydrogen (secondary N) is 2. The molecule has 2 fully saturated rings. The molecule has 0 aliphatic carbocycles. The molecule has 0 radical (unpaired) electrons.